The van der Waals surface area contributed by atoms with Gasteiger partial charge in [0, 0.05) is 13.1 Å². The summed E-state index contributed by atoms with van der Waals surface area (Å²) in [5.41, 5.74) is 4.15. The zero-order valence-corrected chi connectivity index (χ0v) is 21.1. The number of ether oxygens (including phenoxy) is 1. The largest absolute Gasteiger partial charge is 0.454 e. The summed E-state index contributed by atoms with van der Waals surface area (Å²) in [6.07, 6.45) is 0.990. The summed E-state index contributed by atoms with van der Waals surface area (Å²) in [6, 6.07) is 3.19. The van der Waals surface area contributed by atoms with E-state index in [1.165, 1.54) is 6.07 Å². The lowest BCUT2D eigenvalue weighted by molar-refractivity contribution is 0.0448. The molecule has 0 aliphatic heterocycles. The maximum atomic E-state index is 12.3. The van der Waals surface area contributed by atoms with Crippen molar-refractivity contribution in [1.82, 2.24) is 16.0 Å². The van der Waals surface area contributed by atoms with E-state index >= 15 is 0 Å². The number of rotatable bonds is 9. The minimum atomic E-state index is -0.617. The molecule has 30 heavy (non-hydrogen) atoms. The van der Waals surface area contributed by atoms with Crippen LogP contribution in [-0.2, 0) is 11.3 Å². The Bertz CT molecular complexity index is 708. The molecule has 2 amide bonds. The van der Waals surface area contributed by atoms with Gasteiger partial charge in [0.05, 0.1) is 5.54 Å². The summed E-state index contributed by atoms with van der Waals surface area (Å²) in [5, 5.41) is 9.42. The summed E-state index contributed by atoms with van der Waals surface area (Å²) < 4.78 is 10.8. The predicted molar refractivity (Wildman–Crippen MR) is 128 cm³/mol. The van der Waals surface area contributed by atoms with Crippen molar-refractivity contribution in [3.05, 3.63) is 23.7 Å². The number of furan rings is 1. The summed E-state index contributed by atoms with van der Waals surface area (Å²) in [6.45, 7) is 12.9. The number of carbonyl (C=O) groups is 2. The van der Waals surface area contributed by atoms with Gasteiger partial charge in [0.25, 0.3) is 5.91 Å². The lowest BCUT2D eigenvalue weighted by atomic mass is 9.93. The molecule has 0 aliphatic rings. The molecule has 0 saturated heterocycles. The number of nitrogens with two attached hydrogens (primary N) is 1. The van der Waals surface area contributed by atoms with Crippen LogP contribution in [0.4, 0.5) is 4.79 Å². The van der Waals surface area contributed by atoms with Crippen LogP contribution in [0.1, 0.15) is 70.7 Å². The summed E-state index contributed by atoms with van der Waals surface area (Å²) in [4.78, 5) is 27.9. The highest BCUT2D eigenvalue weighted by Crippen LogP contribution is 2.16. The quantitative estimate of drug-likeness (QED) is 0.218. The van der Waals surface area contributed by atoms with Crippen LogP contribution < -0.4 is 21.7 Å². The number of nitrogens with zero attached hydrogens (tertiary/aromatic N) is 1. The number of hydrogen-bond acceptors (Lipinski definition) is 5. The fourth-order valence-corrected chi connectivity index (χ4v) is 2.59. The van der Waals surface area contributed by atoms with Gasteiger partial charge in [0.2, 0.25) is 0 Å². The van der Waals surface area contributed by atoms with E-state index in [1.54, 1.807) is 6.07 Å². The van der Waals surface area contributed by atoms with Crippen LogP contribution in [0.5, 0.6) is 0 Å². The molecule has 0 radical (unpaired) electrons. The van der Waals surface area contributed by atoms with Crippen molar-refractivity contribution in [3.63, 3.8) is 0 Å². The number of primary amides is 1. The third kappa shape index (κ3) is 9.68. The van der Waals surface area contributed by atoms with E-state index in [9.17, 15) is 9.59 Å². The number of carbonyl (C=O) groups excluding carboxylic acids is 2. The van der Waals surface area contributed by atoms with Gasteiger partial charge in [-0.1, -0.05) is 13.8 Å². The van der Waals surface area contributed by atoms with Crippen LogP contribution in [0, 0.1) is 0 Å². The average molecular weight is 537 g/mol. The Balaban J connectivity index is 0.00000841. The van der Waals surface area contributed by atoms with Crippen molar-refractivity contribution in [3.8, 4) is 0 Å². The number of aliphatic imine (C=N–C) groups is 1. The van der Waals surface area contributed by atoms with E-state index in [0.29, 0.717) is 24.8 Å². The zero-order chi connectivity index (χ0) is 22.1. The Kier molecular flexibility index (Phi) is 11.8. The van der Waals surface area contributed by atoms with Crippen molar-refractivity contribution < 1.29 is 18.7 Å². The van der Waals surface area contributed by atoms with Gasteiger partial charge in [0.1, 0.15) is 17.9 Å². The molecule has 0 aliphatic carbocycles. The first kappa shape index (κ1) is 28.0. The standard InChI is InChI=1S/C20H35N5O4.HI/c1-7-20(8-2,25-18(27)29-19(4,5)6)13-24-17(22-9-3)23-12-14-10-11-15(28-14)16(21)26;/h10-11H,7-9,12-13H2,1-6H3,(H2,21,26)(H,25,27)(H2,22,23,24);1H. The molecule has 1 heterocycles. The van der Waals surface area contributed by atoms with Crippen LogP contribution >= 0.6 is 24.0 Å². The molecule has 5 N–H and O–H groups in total. The van der Waals surface area contributed by atoms with E-state index in [4.69, 9.17) is 14.9 Å². The van der Waals surface area contributed by atoms with Crippen molar-refractivity contribution in [1.29, 1.82) is 0 Å². The molecule has 0 saturated carbocycles. The van der Waals surface area contributed by atoms with E-state index in [2.05, 4.69) is 20.9 Å². The van der Waals surface area contributed by atoms with Crippen molar-refractivity contribution in [2.75, 3.05) is 13.1 Å². The first-order valence-corrected chi connectivity index (χ1v) is 9.96. The first-order chi connectivity index (χ1) is 13.5. The Morgan fingerprint density at radius 2 is 1.77 bits per heavy atom. The second kappa shape index (κ2) is 12.7. The summed E-state index contributed by atoms with van der Waals surface area (Å²) in [5.74, 6) is 0.585. The van der Waals surface area contributed by atoms with Crippen LogP contribution in [0.3, 0.4) is 0 Å². The molecule has 0 atom stereocenters. The maximum absolute atomic E-state index is 12.3. The molecule has 10 heteroatoms. The average Bonchev–Trinajstić information content (AvgIpc) is 3.10. The van der Waals surface area contributed by atoms with E-state index in [-0.39, 0.29) is 36.3 Å². The van der Waals surface area contributed by atoms with Crippen LogP contribution in [0.15, 0.2) is 21.5 Å². The predicted octanol–water partition coefficient (Wildman–Crippen LogP) is 3.14. The molecule has 172 valence electrons. The second-order valence-corrected chi connectivity index (χ2v) is 7.79. The smallest absolute Gasteiger partial charge is 0.408 e. The van der Waals surface area contributed by atoms with Gasteiger partial charge in [-0.2, -0.15) is 0 Å². The van der Waals surface area contributed by atoms with Gasteiger partial charge < -0.3 is 30.8 Å². The number of alkyl carbamates (subject to hydrolysis) is 1. The molecule has 1 aromatic heterocycles. The Hall–Kier alpha value is -1.98. The van der Waals surface area contributed by atoms with Gasteiger partial charge in [-0.15, -0.1) is 24.0 Å². The molecule has 0 aromatic carbocycles. The minimum Gasteiger partial charge on any atom is -0.454 e. The van der Waals surface area contributed by atoms with Crippen LogP contribution in [0.25, 0.3) is 0 Å². The van der Waals surface area contributed by atoms with Gasteiger partial charge in [-0.05, 0) is 52.7 Å². The third-order valence-electron chi connectivity index (χ3n) is 4.36. The maximum Gasteiger partial charge on any atom is 0.408 e. The number of amides is 2. The SMILES string of the molecule is CCNC(=NCc1ccc(C(N)=O)o1)NCC(CC)(CC)NC(=O)OC(C)(C)C.I. The third-order valence-corrected chi connectivity index (χ3v) is 4.36. The van der Waals surface area contributed by atoms with Gasteiger partial charge in [-0.3, -0.25) is 4.79 Å². The molecule has 0 bridgehead atoms. The summed E-state index contributed by atoms with van der Waals surface area (Å²) >= 11 is 0. The molecule has 0 unspecified atom stereocenters. The normalized spacial score (nSPS) is 12.0. The number of nitrogens with one attached hydrogen (secondary N) is 3. The highest BCUT2D eigenvalue weighted by Gasteiger charge is 2.30. The number of guanidine groups is 1. The Morgan fingerprint density at radius 3 is 2.23 bits per heavy atom. The van der Waals surface area contributed by atoms with Gasteiger partial charge in [0.15, 0.2) is 11.7 Å². The Labute approximate surface area is 196 Å². The number of hydrogen-bond donors (Lipinski definition) is 4. The molecular formula is C20H36IN5O4. The van der Waals surface area contributed by atoms with Crippen molar-refractivity contribution in [2.24, 2.45) is 10.7 Å². The second-order valence-electron chi connectivity index (χ2n) is 7.79. The molecule has 0 spiro atoms. The van der Waals surface area contributed by atoms with Crippen LogP contribution in [0.2, 0.25) is 0 Å². The van der Waals surface area contributed by atoms with E-state index < -0.39 is 23.1 Å². The summed E-state index contributed by atoms with van der Waals surface area (Å²) in [7, 11) is 0. The fourth-order valence-electron chi connectivity index (χ4n) is 2.59. The van der Waals surface area contributed by atoms with Crippen molar-refractivity contribution >= 4 is 41.9 Å². The molecule has 0 fully saturated rings. The topological polar surface area (TPSA) is 131 Å². The van der Waals surface area contributed by atoms with Gasteiger partial charge >= 0.3 is 6.09 Å². The first-order valence-electron chi connectivity index (χ1n) is 9.96. The fraction of sp³-hybridized carbons (Fsp3) is 0.650. The molecule has 9 nitrogen and oxygen atoms in total. The monoisotopic (exact) mass is 537 g/mol. The van der Waals surface area contributed by atoms with Crippen LogP contribution in [-0.4, -0.2) is 42.2 Å². The Morgan fingerprint density at radius 1 is 1.13 bits per heavy atom. The molecule has 1 aromatic rings. The van der Waals surface area contributed by atoms with E-state index in [0.717, 1.165) is 12.8 Å². The van der Waals surface area contributed by atoms with Crippen molar-refractivity contribution in [2.45, 2.75) is 72.1 Å². The lowest BCUT2D eigenvalue weighted by Crippen LogP contribution is -2.57. The number of halogens is 1. The highest BCUT2D eigenvalue weighted by atomic mass is 127. The zero-order valence-electron chi connectivity index (χ0n) is 18.8. The van der Waals surface area contributed by atoms with Gasteiger partial charge in [-0.25, -0.2) is 9.79 Å². The molecule has 1 rings (SSSR count). The molecular weight excluding hydrogens is 501 g/mol. The highest BCUT2D eigenvalue weighted by molar-refractivity contribution is 14.0. The minimum absolute atomic E-state index is 0. The van der Waals surface area contributed by atoms with E-state index in [1.807, 2.05) is 41.5 Å². The lowest BCUT2D eigenvalue weighted by Gasteiger charge is -2.34.